The Morgan fingerprint density at radius 1 is 0.308 bits per heavy atom. The van der Waals surface area contributed by atoms with Crippen LogP contribution in [0.3, 0.4) is 0 Å². The molecule has 0 aliphatic carbocycles. The average molecular weight is 1100 g/mol. The molecule has 0 saturated heterocycles. The molecular weight excluding hydrogens is 959 g/mol. The first-order valence-electron chi connectivity index (χ1n) is 36.3. The first kappa shape index (κ1) is 76.9. The molecule has 6 heteroatoms. The number of aliphatic hydroxyl groups excluding tert-OH is 2. The molecule has 6 nitrogen and oxygen atoms in total. The van der Waals surface area contributed by atoms with Gasteiger partial charge in [0.05, 0.1) is 25.4 Å². The van der Waals surface area contributed by atoms with Gasteiger partial charge >= 0.3 is 5.97 Å². The fourth-order valence-corrected chi connectivity index (χ4v) is 11.9. The lowest BCUT2D eigenvalue weighted by molar-refractivity contribution is -0.143. The van der Waals surface area contributed by atoms with Crippen molar-refractivity contribution in [1.29, 1.82) is 0 Å². The Bertz CT molecular complexity index is 1130. The number of amides is 1. The zero-order valence-electron chi connectivity index (χ0n) is 53.4. The van der Waals surface area contributed by atoms with Crippen molar-refractivity contribution in [2.24, 2.45) is 0 Å². The number of carbonyl (C=O) groups is 2. The molecule has 0 aliphatic heterocycles. The highest BCUT2D eigenvalue weighted by Gasteiger charge is 2.20. The number of carbonyl (C=O) groups excluding carboxylic acids is 2. The van der Waals surface area contributed by atoms with Crippen LogP contribution in [0, 0.1) is 0 Å². The van der Waals surface area contributed by atoms with Crippen molar-refractivity contribution in [3.63, 3.8) is 0 Å². The zero-order chi connectivity index (χ0) is 56.4. The van der Waals surface area contributed by atoms with E-state index in [4.69, 9.17) is 4.74 Å². The maximum atomic E-state index is 12.5. The van der Waals surface area contributed by atoms with Gasteiger partial charge in [-0.2, -0.15) is 0 Å². The topological polar surface area (TPSA) is 95.9 Å². The van der Waals surface area contributed by atoms with E-state index in [0.29, 0.717) is 25.9 Å². The lowest BCUT2D eigenvalue weighted by Crippen LogP contribution is -2.45. The summed E-state index contributed by atoms with van der Waals surface area (Å²) in [5.74, 6) is -0.00158. The number of hydrogen-bond donors (Lipinski definition) is 3. The molecule has 0 aromatic carbocycles. The number of rotatable bonds is 69. The van der Waals surface area contributed by atoms with Gasteiger partial charge in [0.15, 0.2) is 0 Å². The highest BCUT2D eigenvalue weighted by Crippen LogP contribution is 2.20. The molecule has 0 fully saturated rings. The summed E-state index contributed by atoms with van der Waals surface area (Å²) in [6, 6.07) is -0.536. The predicted octanol–water partition coefficient (Wildman–Crippen LogP) is 23.4. The molecule has 0 saturated carbocycles. The van der Waals surface area contributed by atoms with E-state index in [2.05, 4.69) is 19.2 Å². The third-order valence-corrected chi connectivity index (χ3v) is 17.4. The first-order chi connectivity index (χ1) is 38.5. The number of hydrogen-bond acceptors (Lipinski definition) is 5. The summed E-state index contributed by atoms with van der Waals surface area (Å²) in [4.78, 5) is 24.6. The average Bonchev–Trinajstić information content (AvgIpc) is 3.44. The standard InChI is InChI=1S/C72H143NO5/c1-3-5-7-9-11-13-15-17-40-44-48-52-56-60-64-70(75)69(68-74)73-71(76)65-61-57-53-49-45-41-38-36-34-32-30-28-26-24-22-20-19-21-23-25-27-29-31-33-35-37-39-43-47-51-55-59-63-67-78-72(77)66-62-58-54-50-46-42-18-16-14-12-10-8-6-4-2/h69-70,74-75H,3-68H2,1-2H3,(H,73,76). The predicted molar refractivity (Wildman–Crippen MR) is 343 cm³/mol. The van der Waals surface area contributed by atoms with Crippen molar-refractivity contribution in [2.45, 2.75) is 437 Å². The zero-order valence-corrected chi connectivity index (χ0v) is 53.4. The molecule has 2 atom stereocenters. The van der Waals surface area contributed by atoms with E-state index in [1.165, 1.54) is 353 Å². The van der Waals surface area contributed by atoms with Crippen molar-refractivity contribution >= 4 is 11.9 Å². The van der Waals surface area contributed by atoms with E-state index in [1.54, 1.807) is 0 Å². The second-order valence-electron chi connectivity index (χ2n) is 25.3. The molecule has 1 amide bonds. The molecule has 3 N–H and O–H groups in total. The Kier molecular flexibility index (Phi) is 67.4. The fraction of sp³-hybridized carbons (Fsp3) is 0.972. The monoisotopic (exact) mass is 1100 g/mol. The lowest BCUT2D eigenvalue weighted by Gasteiger charge is -2.22. The summed E-state index contributed by atoms with van der Waals surface area (Å²) in [5.41, 5.74) is 0. The van der Waals surface area contributed by atoms with Crippen LogP contribution >= 0.6 is 0 Å². The summed E-state index contributed by atoms with van der Waals surface area (Å²) in [5, 5.41) is 23.3. The minimum absolute atomic E-state index is 0.0251. The van der Waals surface area contributed by atoms with Gasteiger partial charge in [-0.15, -0.1) is 0 Å². The largest absolute Gasteiger partial charge is 0.466 e. The van der Waals surface area contributed by atoms with Crippen molar-refractivity contribution in [3.05, 3.63) is 0 Å². The molecule has 78 heavy (non-hydrogen) atoms. The Morgan fingerprint density at radius 2 is 0.526 bits per heavy atom. The molecule has 0 bridgehead atoms. The molecule has 0 spiro atoms. The van der Waals surface area contributed by atoms with Crippen LogP contribution in [-0.4, -0.2) is 47.4 Å². The molecule has 0 aliphatic rings. The maximum Gasteiger partial charge on any atom is 0.305 e. The smallest absolute Gasteiger partial charge is 0.305 e. The fourth-order valence-electron chi connectivity index (χ4n) is 11.9. The van der Waals surface area contributed by atoms with Gasteiger partial charge in [-0.3, -0.25) is 9.59 Å². The van der Waals surface area contributed by atoms with E-state index in [9.17, 15) is 19.8 Å². The van der Waals surface area contributed by atoms with Crippen LogP contribution in [0.15, 0.2) is 0 Å². The van der Waals surface area contributed by atoms with Gasteiger partial charge in [-0.25, -0.2) is 0 Å². The highest BCUT2D eigenvalue weighted by atomic mass is 16.5. The number of nitrogens with one attached hydrogen (secondary N) is 1. The minimum atomic E-state index is -0.659. The number of unbranched alkanes of at least 4 members (excludes halogenated alkanes) is 58. The van der Waals surface area contributed by atoms with Crippen LogP contribution < -0.4 is 5.32 Å². The van der Waals surface area contributed by atoms with Crippen molar-refractivity contribution in [1.82, 2.24) is 5.32 Å². The van der Waals surface area contributed by atoms with Gasteiger partial charge in [0.2, 0.25) is 5.91 Å². The Balaban J connectivity index is 3.29. The maximum absolute atomic E-state index is 12.5. The van der Waals surface area contributed by atoms with E-state index in [0.717, 1.165) is 38.5 Å². The number of aliphatic hydroxyl groups is 2. The summed E-state index contributed by atoms with van der Waals surface area (Å²) >= 11 is 0. The Hall–Kier alpha value is -1.14. The number of ether oxygens (including phenoxy) is 1. The summed E-state index contributed by atoms with van der Waals surface area (Å²) < 4.78 is 5.50. The Labute approximate surface area is 489 Å². The molecule has 466 valence electrons. The van der Waals surface area contributed by atoms with E-state index < -0.39 is 12.1 Å². The molecule has 0 heterocycles. The third kappa shape index (κ3) is 64.0. The molecule has 0 aromatic rings. The van der Waals surface area contributed by atoms with E-state index in [-0.39, 0.29) is 18.5 Å². The van der Waals surface area contributed by atoms with Crippen LogP contribution in [0.25, 0.3) is 0 Å². The minimum Gasteiger partial charge on any atom is -0.466 e. The lowest BCUT2D eigenvalue weighted by atomic mass is 10.0. The van der Waals surface area contributed by atoms with Crippen molar-refractivity contribution in [3.8, 4) is 0 Å². The second-order valence-corrected chi connectivity index (χ2v) is 25.3. The molecule has 0 aromatic heterocycles. The second kappa shape index (κ2) is 68.4. The Morgan fingerprint density at radius 3 is 0.782 bits per heavy atom. The van der Waals surface area contributed by atoms with Crippen LogP contribution in [0.4, 0.5) is 0 Å². The van der Waals surface area contributed by atoms with E-state index in [1.807, 2.05) is 0 Å². The third-order valence-electron chi connectivity index (χ3n) is 17.4. The van der Waals surface area contributed by atoms with Gasteiger partial charge in [-0.05, 0) is 25.7 Å². The van der Waals surface area contributed by atoms with Crippen molar-refractivity contribution < 1.29 is 24.5 Å². The molecule has 2 unspecified atom stereocenters. The van der Waals surface area contributed by atoms with Gasteiger partial charge in [0.1, 0.15) is 0 Å². The van der Waals surface area contributed by atoms with Crippen LogP contribution in [0.5, 0.6) is 0 Å². The van der Waals surface area contributed by atoms with Crippen molar-refractivity contribution in [2.75, 3.05) is 13.2 Å². The summed E-state index contributed by atoms with van der Waals surface area (Å²) in [6.07, 6.45) is 83.2. The van der Waals surface area contributed by atoms with Crippen LogP contribution in [-0.2, 0) is 14.3 Å². The highest BCUT2D eigenvalue weighted by molar-refractivity contribution is 5.76. The van der Waals surface area contributed by atoms with E-state index >= 15 is 0 Å². The number of esters is 1. The van der Waals surface area contributed by atoms with Gasteiger partial charge in [0, 0.05) is 12.8 Å². The summed E-state index contributed by atoms with van der Waals surface area (Å²) in [6.45, 7) is 5.00. The van der Waals surface area contributed by atoms with Crippen LogP contribution in [0.1, 0.15) is 425 Å². The van der Waals surface area contributed by atoms with Gasteiger partial charge < -0.3 is 20.3 Å². The quantitative estimate of drug-likeness (QED) is 0.0417. The van der Waals surface area contributed by atoms with Gasteiger partial charge in [0.25, 0.3) is 0 Å². The molecule has 0 radical (unpaired) electrons. The first-order valence-corrected chi connectivity index (χ1v) is 36.3. The van der Waals surface area contributed by atoms with Gasteiger partial charge in [-0.1, -0.05) is 386 Å². The molecular formula is C72H143NO5. The SMILES string of the molecule is CCCCCCCCCCCCCCCCC(=O)OCCCCCCCCCCCCCCCCCCCCCCCCCCCCCCCCCCCC(=O)NC(CO)C(O)CCCCCCCCCCCCCCCC. The van der Waals surface area contributed by atoms with Crippen LogP contribution in [0.2, 0.25) is 0 Å². The molecule has 0 rings (SSSR count). The normalized spacial score (nSPS) is 12.4. The summed E-state index contributed by atoms with van der Waals surface area (Å²) in [7, 11) is 0.